The maximum absolute atomic E-state index is 12.5. The maximum atomic E-state index is 12.5. The van der Waals surface area contributed by atoms with Crippen molar-refractivity contribution in [2.45, 2.75) is 32.2 Å². The quantitative estimate of drug-likeness (QED) is 0.684. The lowest BCUT2D eigenvalue weighted by atomic mass is 9.88. The molecule has 0 aliphatic heterocycles. The number of carbonyl (C=O) groups excluding carboxylic acids is 1. The van der Waals surface area contributed by atoms with Crippen LogP contribution in [0.2, 0.25) is 0 Å². The summed E-state index contributed by atoms with van der Waals surface area (Å²) in [6.45, 7) is 4.23. The molecule has 5 heteroatoms. The van der Waals surface area contributed by atoms with Gasteiger partial charge < -0.3 is 5.32 Å². The van der Waals surface area contributed by atoms with Gasteiger partial charge in [-0.15, -0.1) is 0 Å². The average Bonchev–Trinajstić information content (AvgIpc) is 2.72. The Hall–Kier alpha value is -3.21. The standard InChI is InChI=1S/C23H25N3O2/c1-17(2)26-22(27)14-13-21(25-26)23(28)24-16-15-20(18-9-5-3-6-10-18)19-11-7-4-8-12-19/h3-14,17,20H,15-16H2,1-2H3,(H,24,28). The highest BCUT2D eigenvalue weighted by Gasteiger charge is 2.15. The van der Waals surface area contributed by atoms with Crippen molar-refractivity contribution < 1.29 is 4.79 Å². The highest BCUT2D eigenvalue weighted by Crippen LogP contribution is 2.27. The van der Waals surface area contributed by atoms with Crippen LogP contribution in [0.4, 0.5) is 0 Å². The molecule has 0 aliphatic rings. The summed E-state index contributed by atoms with van der Waals surface area (Å²) in [5, 5.41) is 7.12. The first-order valence-corrected chi connectivity index (χ1v) is 9.54. The van der Waals surface area contributed by atoms with Crippen LogP contribution in [0.5, 0.6) is 0 Å². The second-order valence-electron chi connectivity index (χ2n) is 7.01. The summed E-state index contributed by atoms with van der Waals surface area (Å²) in [4.78, 5) is 24.3. The van der Waals surface area contributed by atoms with Crippen molar-refractivity contribution in [3.8, 4) is 0 Å². The molecule has 0 saturated heterocycles. The van der Waals surface area contributed by atoms with Crippen LogP contribution < -0.4 is 10.9 Å². The number of benzene rings is 2. The molecular formula is C23H25N3O2. The fourth-order valence-corrected chi connectivity index (χ4v) is 3.23. The fourth-order valence-electron chi connectivity index (χ4n) is 3.23. The third kappa shape index (κ3) is 4.74. The number of nitrogens with one attached hydrogen (secondary N) is 1. The van der Waals surface area contributed by atoms with Gasteiger partial charge in [0.25, 0.3) is 11.5 Å². The molecule has 28 heavy (non-hydrogen) atoms. The molecule has 1 amide bonds. The number of carbonyl (C=O) groups is 1. The Morgan fingerprint density at radius 3 is 2.04 bits per heavy atom. The zero-order valence-corrected chi connectivity index (χ0v) is 16.2. The molecule has 144 valence electrons. The molecule has 3 rings (SSSR count). The molecule has 0 fully saturated rings. The van der Waals surface area contributed by atoms with Gasteiger partial charge in [0.2, 0.25) is 0 Å². The van der Waals surface area contributed by atoms with E-state index in [1.807, 2.05) is 50.2 Å². The number of rotatable bonds is 7. The van der Waals surface area contributed by atoms with Crippen molar-refractivity contribution in [2.75, 3.05) is 6.54 Å². The Morgan fingerprint density at radius 1 is 0.929 bits per heavy atom. The third-order valence-electron chi connectivity index (χ3n) is 4.67. The summed E-state index contributed by atoms with van der Waals surface area (Å²) in [7, 11) is 0. The summed E-state index contributed by atoms with van der Waals surface area (Å²) >= 11 is 0. The van der Waals surface area contributed by atoms with Gasteiger partial charge in [-0.1, -0.05) is 60.7 Å². The van der Waals surface area contributed by atoms with Crippen molar-refractivity contribution in [1.82, 2.24) is 15.1 Å². The SMILES string of the molecule is CC(C)n1nc(C(=O)NCCC(c2ccccc2)c2ccccc2)ccc1=O. The van der Waals surface area contributed by atoms with Gasteiger partial charge in [-0.05, 0) is 37.5 Å². The Morgan fingerprint density at radius 2 is 1.50 bits per heavy atom. The number of hydrogen-bond donors (Lipinski definition) is 1. The van der Waals surface area contributed by atoms with E-state index in [1.54, 1.807) is 0 Å². The van der Waals surface area contributed by atoms with Crippen LogP contribution in [-0.2, 0) is 0 Å². The van der Waals surface area contributed by atoms with E-state index in [-0.39, 0.29) is 29.1 Å². The normalized spacial score (nSPS) is 11.0. The fraction of sp³-hybridized carbons (Fsp3) is 0.261. The van der Waals surface area contributed by atoms with Crippen LogP contribution in [0.1, 0.15) is 53.8 Å². The molecule has 0 radical (unpaired) electrons. The van der Waals surface area contributed by atoms with E-state index in [0.29, 0.717) is 6.54 Å². The minimum absolute atomic E-state index is 0.0965. The Kier molecular flexibility index (Phi) is 6.37. The molecule has 0 atom stereocenters. The van der Waals surface area contributed by atoms with Gasteiger partial charge in [0, 0.05) is 18.5 Å². The van der Waals surface area contributed by atoms with Crippen molar-refractivity contribution in [3.63, 3.8) is 0 Å². The first-order valence-electron chi connectivity index (χ1n) is 9.54. The molecule has 1 N–H and O–H groups in total. The van der Waals surface area contributed by atoms with Crippen LogP contribution >= 0.6 is 0 Å². The largest absolute Gasteiger partial charge is 0.351 e. The molecule has 1 heterocycles. The van der Waals surface area contributed by atoms with Gasteiger partial charge in [0.1, 0.15) is 5.69 Å². The van der Waals surface area contributed by atoms with Crippen LogP contribution in [0, 0.1) is 0 Å². The van der Waals surface area contributed by atoms with E-state index < -0.39 is 0 Å². The lowest BCUT2D eigenvalue weighted by molar-refractivity contribution is 0.0945. The minimum atomic E-state index is -0.269. The van der Waals surface area contributed by atoms with Crippen LogP contribution in [0.15, 0.2) is 77.6 Å². The molecule has 5 nitrogen and oxygen atoms in total. The van der Waals surface area contributed by atoms with E-state index in [2.05, 4.69) is 34.7 Å². The first kappa shape index (κ1) is 19.5. The lowest BCUT2D eigenvalue weighted by Gasteiger charge is -2.18. The minimum Gasteiger partial charge on any atom is -0.351 e. The second kappa shape index (κ2) is 9.13. The number of aromatic nitrogens is 2. The predicted octanol–water partition coefficient (Wildman–Crippen LogP) is 3.78. The van der Waals surface area contributed by atoms with Crippen molar-refractivity contribution >= 4 is 5.91 Å². The molecule has 1 aromatic heterocycles. The van der Waals surface area contributed by atoms with E-state index in [1.165, 1.54) is 27.9 Å². The molecule has 0 saturated carbocycles. The molecular weight excluding hydrogens is 350 g/mol. The second-order valence-corrected chi connectivity index (χ2v) is 7.01. The third-order valence-corrected chi connectivity index (χ3v) is 4.67. The zero-order chi connectivity index (χ0) is 19.9. The highest BCUT2D eigenvalue weighted by molar-refractivity contribution is 5.91. The summed E-state index contributed by atoms with van der Waals surface area (Å²) in [6.07, 6.45) is 0.767. The van der Waals surface area contributed by atoms with Gasteiger partial charge in [0.15, 0.2) is 0 Å². The summed E-state index contributed by atoms with van der Waals surface area (Å²) < 4.78 is 1.33. The Labute approximate surface area is 165 Å². The highest BCUT2D eigenvalue weighted by atomic mass is 16.2. The van der Waals surface area contributed by atoms with E-state index >= 15 is 0 Å². The average molecular weight is 375 g/mol. The molecule has 0 spiro atoms. The van der Waals surface area contributed by atoms with Gasteiger partial charge in [-0.2, -0.15) is 5.10 Å². The van der Waals surface area contributed by atoms with Crippen molar-refractivity contribution in [1.29, 1.82) is 0 Å². The van der Waals surface area contributed by atoms with Gasteiger partial charge in [0.05, 0.1) is 6.04 Å². The van der Waals surface area contributed by atoms with Gasteiger partial charge >= 0.3 is 0 Å². The van der Waals surface area contributed by atoms with E-state index in [9.17, 15) is 9.59 Å². The monoisotopic (exact) mass is 375 g/mol. The van der Waals surface area contributed by atoms with E-state index in [4.69, 9.17) is 0 Å². The van der Waals surface area contributed by atoms with Crippen LogP contribution in [0.25, 0.3) is 0 Å². The number of hydrogen-bond acceptors (Lipinski definition) is 3. The molecule has 3 aromatic rings. The van der Waals surface area contributed by atoms with Crippen molar-refractivity contribution in [3.05, 3.63) is 100.0 Å². The van der Waals surface area contributed by atoms with Crippen molar-refractivity contribution in [2.24, 2.45) is 0 Å². The lowest BCUT2D eigenvalue weighted by Crippen LogP contribution is -2.31. The first-order chi connectivity index (χ1) is 13.6. The smallest absolute Gasteiger partial charge is 0.271 e. The number of nitrogens with zero attached hydrogens (tertiary/aromatic N) is 2. The zero-order valence-electron chi connectivity index (χ0n) is 16.2. The van der Waals surface area contributed by atoms with Crippen LogP contribution in [-0.4, -0.2) is 22.2 Å². The number of amides is 1. The van der Waals surface area contributed by atoms with Crippen LogP contribution in [0.3, 0.4) is 0 Å². The van der Waals surface area contributed by atoms with E-state index in [0.717, 1.165) is 6.42 Å². The predicted molar refractivity (Wildman–Crippen MR) is 111 cm³/mol. The van der Waals surface area contributed by atoms with Gasteiger partial charge in [-0.3, -0.25) is 9.59 Å². The molecule has 0 bridgehead atoms. The summed E-state index contributed by atoms with van der Waals surface area (Å²) in [5.41, 5.74) is 2.48. The maximum Gasteiger partial charge on any atom is 0.271 e. The van der Waals surface area contributed by atoms with Gasteiger partial charge in [-0.25, -0.2) is 4.68 Å². The Bertz CT molecular complexity index is 926. The topological polar surface area (TPSA) is 64.0 Å². The summed E-state index contributed by atoms with van der Waals surface area (Å²) in [5.74, 6) is -0.0745. The summed E-state index contributed by atoms with van der Waals surface area (Å²) in [6, 6.07) is 23.3. The molecule has 0 unspecified atom stereocenters. The molecule has 0 aliphatic carbocycles. The Balaban J connectivity index is 1.70. The molecule has 2 aromatic carbocycles.